The SMILES string of the molecule is NC(=O)CCN(CCc1ccccc1)C(=O)c1ccc(C2CCCO2)s1. The van der Waals surface area contributed by atoms with E-state index in [0.29, 0.717) is 18.0 Å². The number of primary amides is 1. The van der Waals surface area contributed by atoms with Gasteiger partial charge < -0.3 is 15.4 Å². The van der Waals surface area contributed by atoms with Gasteiger partial charge in [-0.2, -0.15) is 0 Å². The molecule has 0 radical (unpaired) electrons. The minimum absolute atomic E-state index is 0.0450. The number of carbonyl (C=O) groups is 2. The number of amides is 2. The Morgan fingerprint density at radius 3 is 2.65 bits per heavy atom. The summed E-state index contributed by atoms with van der Waals surface area (Å²) >= 11 is 1.49. The van der Waals surface area contributed by atoms with Gasteiger partial charge in [0.05, 0.1) is 11.0 Å². The molecule has 0 saturated carbocycles. The van der Waals surface area contributed by atoms with E-state index in [0.717, 1.165) is 36.3 Å². The maximum atomic E-state index is 13.0. The van der Waals surface area contributed by atoms with Crippen LogP contribution in [0, 0.1) is 0 Å². The van der Waals surface area contributed by atoms with Gasteiger partial charge >= 0.3 is 0 Å². The van der Waals surface area contributed by atoms with Crippen LogP contribution in [-0.2, 0) is 16.0 Å². The van der Waals surface area contributed by atoms with Gasteiger partial charge in [-0.25, -0.2) is 0 Å². The van der Waals surface area contributed by atoms with Crippen molar-refractivity contribution in [3.8, 4) is 0 Å². The highest BCUT2D eigenvalue weighted by atomic mass is 32.1. The number of hydrogen-bond donors (Lipinski definition) is 1. The predicted octanol–water partition coefficient (Wildman–Crippen LogP) is 3.16. The van der Waals surface area contributed by atoms with Crippen LogP contribution in [0.2, 0.25) is 0 Å². The summed E-state index contributed by atoms with van der Waals surface area (Å²) in [4.78, 5) is 27.6. The highest BCUT2D eigenvalue weighted by Crippen LogP contribution is 2.33. The summed E-state index contributed by atoms with van der Waals surface area (Å²) in [7, 11) is 0. The van der Waals surface area contributed by atoms with Gasteiger partial charge in [0.25, 0.3) is 5.91 Å². The molecule has 1 aliphatic heterocycles. The maximum absolute atomic E-state index is 13.0. The molecule has 1 atom stereocenters. The summed E-state index contributed by atoms with van der Waals surface area (Å²) in [5.74, 6) is -0.440. The zero-order valence-corrected chi connectivity index (χ0v) is 15.5. The van der Waals surface area contributed by atoms with Gasteiger partial charge in [0, 0.05) is 31.0 Å². The van der Waals surface area contributed by atoms with Crippen LogP contribution in [0.5, 0.6) is 0 Å². The normalized spacial score (nSPS) is 16.5. The fourth-order valence-electron chi connectivity index (χ4n) is 3.07. The Balaban J connectivity index is 1.68. The third-order valence-corrected chi connectivity index (χ3v) is 5.68. The first-order valence-electron chi connectivity index (χ1n) is 8.96. The number of rotatable bonds is 8. The first-order chi connectivity index (χ1) is 12.6. The van der Waals surface area contributed by atoms with Crippen molar-refractivity contribution in [2.75, 3.05) is 19.7 Å². The van der Waals surface area contributed by atoms with Crippen molar-refractivity contribution >= 4 is 23.2 Å². The highest BCUT2D eigenvalue weighted by molar-refractivity contribution is 7.14. The number of nitrogens with two attached hydrogens (primary N) is 1. The van der Waals surface area contributed by atoms with Gasteiger partial charge in [-0.15, -0.1) is 11.3 Å². The van der Waals surface area contributed by atoms with E-state index in [-0.39, 0.29) is 18.4 Å². The summed E-state index contributed by atoms with van der Waals surface area (Å²) in [6, 6.07) is 13.9. The molecule has 2 heterocycles. The summed E-state index contributed by atoms with van der Waals surface area (Å²) in [5, 5.41) is 0. The van der Waals surface area contributed by atoms with Crippen molar-refractivity contribution in [2.45, 2.75) is 31.8 Å². The highest BCUT2D eigenvalue weighted by Gasteiger charge is 2.23. The molecule has 1 saturated heterocycles. The second-order valence-corrected chi connectivity index (χ2v) is 7.56. The van der Waals surface area contributed by atoms with Crippen LogP contribution in [0.4, 0.5) is 0 Å². The summed E-state index contributed by atoms with van der Waals surface area (Å²) in [6.45, 7) is 1.69. The minimum Gasteiger partial charge on any atom is -0.373 e. The third kappa shape index (κ3) is 4.93. The molecule has 1 aromatic carbocycles. The van der Waals surface area contributed by atoms with E-state index in [2.05, 4.69) is 0 Å². The topological polar surface area (TPSA) is 72.6 Å². The number of carbonyl (C=O) groups excluding carboxylic acids is 2. The number of thiophene rings is 1. The third-order valence-electron chi connectivity index (χ3n) is 4.51. The molecule has 1 fully saturated rings. The van der Waals surface area contributed by atoms with E-state index in [1.54, 1.807) is 4.90 Å². The van der Waals surface area contributed by atoms with E-state index in [9.17, 15) is 9.59 Å². The standard InChI is InChI=1S/C20H24N2O3S/c21-19(23)11-13-22(12-10-15-5-2-1-3-6-15)20(24)18-9-8-17(26-18)16-7-4-14-25-16/h1-3,5-6,8-9,16H,4,7,10-14H2,(H2,21,23). The van der Waals surface area contributed by atoms with Crippen LogP contribution in [0.25, 0.3) is 0 Å². The zero-order valence-electron chi connectivity index (χ0n) is 14.7. The second kappa shape index (κ2) is 8.96. The first kappa shape index (κ1) is 18.6. The largest absolute Gasteiger partial charge is 0.373 e. The fraction of sp³-hybridized carbons (Fsp3) is 0.400. The van der Waals surface area contributed by atoms with Crippen molar-refractivity contribution in [2.24, 2.45) is 5.73 Å². The van der Waals surface area contributed by atoms with Crippen molar-refractivity contribution in [3.63, 3.8) is 0 Å². The van der Waals surface area contributed by atoms with Crippen LogP contribution in [0.3, 0.4) is 0 Å². The Bertz CT molecular complexity index is 739. The average Bonchev–Trinajstić information content (AvgIpc) is 3.33. The molecule has 2 aromatic rings. The molecule has 26 heavy (non-hydrogen) atoms. The van der Waals surface area contributed by atoms with E-state index >= 15 is 0 Å². The maximum Gasteiger partial charge on any atom is 0.263 e. The molecule has 0 spiro atoms. The number of hydrogen-bond acceptors (Lipinski definition) is 4. The molecular weight excluding hydrogens is 348 g/mol. The molecule has 5 nitrogen and oxygen atoms in total. The average molecular weight is 372 g/mol. The van der Waals surface area contributed by atoms with Crippen molar-refractivity contribution in [1.29, 1.82) is 0 Å². The second-order valence-electron chi connectivity index (χ2n) is 6.45. The van der Waals surface area contributed by atoms with E-state index in [1.807, 2.05) is 42.5 Å². The smallest absolute Gasteiger partial charge is 0.263 e. The molecule has 138 valence electrons. The molecule has 1 aliphatic rings. The quantitative estimate of drug-likeness (QED) is 0.774. The Labute approximate surface area is 157 Å². The van der Waals surface area contributed by atoms with Crippen LogP contribution >= 0.6 is 11.3 Å². The van der Waals surface area contributed by atoms with Gasteiger partial charge in [-0.05, 0) is 37.0 Å². The van der Waals surface area contributed by atoms with Crippen molar-refractivity contribution in [1.82, 2.24) is 4.90 Å². The summed E-state index contributed by atoms with van der Waals surface area (Å²) in [6.07, 6.45) is 3.10. The van der Waals surface area contributed by atoms with Gasteiger partial charge in [0.1, 0.15) is 0 Å². The minimum atomic E-state index is -0.395. The Morgan fingerprint density at radius 1 is 1.15 bits per heavy atom. The Morgan fingerprint density at radius 2 is 1.96 bits per heavy atom. The van der Waals surface area contributed by atoms with Crippen LogP contribution < -0.4 is 5.73 Å². The van der Waals surface area contributed by atoms with Crippen LogP contribution in [-0.4, -0.2) is 36.4 Å². The Hall–Kier alpha value is -2.18. The predicted molar refractivity (Wildman–Crippen MR) is 102 cm³/mol. The van der Waals surface area contributed by atoms with Gasteiger partial charge in [0.2, 0.25) is 5.91 Å². The monoisotopic (exact) mass is 372 g/mol. The molecule has 0 aliphatic carbocycles. The van der Waals surface area contributed by atoms with E-state index < -0.39 is 5.91 Å². The lowest BCUT2D eigenvalue weighted by Gasteiger charge is -2.21. The molecule has 1 aromatic heterocycles. The van der Waals surface area contributed by atoms with Gasteiger partial charge in [-0.3, -0.25) is 9.59 Å². The molecule has 3 rings (SSSR count). The van der Waals surface area contributed by atoms with Crippen LogP contribution in [0.1, 0.15) is 45.5 Å². The number of nitrogens with zero attached hydrogens (tertiary/aromatic N) is 1. The molecule has 2 N–H and O–H groups in total. The molecule has 0 bridgehead atoms. The van der Waals surface area contributed by atoms with E-state index in [4.69, 9.17) is 10.5 Å². The summed E-state index contributed by atoms with van der Waals surface area (Å²) < 4.78 is 5.70. The Kier molecular flexibility index (Phi) is 6.41. The van der Waals surface area contributed by atoms with Gasteiger partial charge in [0.15, 0.2) is 0 Å². The van der Waals surface area contributed by atoms with E-state index in [1.165, 1.54) is 11.3 Å². The lowest BCUT2D eigenvalue weighted by atomic mass is 10.1. The molecule has 1 unspecified atom stereocenters. The number of benzene rings is 1. The fourth-order valence-corrected chi connectivity index (χ4v) is 4.13. The lowest BCUT2D eigenvalue weighted by molar-refractivity contribution is -0.118. The van der Waals surface area contributed by atoms with Crippen molar-refractivity contribution < 1.29 is 14.3 Å². The summed E-state index contributed by atoms with van der Waals surface area (Å²) in [5.41, 5.74) is 6.45. The first-order valence-corrected chi connectivity index (χ1v) is 9.78. The van der Waals surface area contributed by atoms with Crippen molar-refractivity contribution in [3.05, 3.63) is 57.8 Å². The zero-order chi connectivity index (χ0) is 18.4. The molecule has 6 heteroatoms. The molecular formula is C20H24N2O3S. The van der Waals surface area contributed by atoms with Gasteiger partial charge in [-0.1, -0.05) is 30.3 Å². The number of ether oxygens (including phenoxy) is 1. The lowest BCUT2D eigenvalue weighted by Crippen LogP contribution is -2.35. The molecule has 2 amide bonds. The van der Waals surface area contributed by atoms with Crippen LogP contribution in [0.15, 0.2) is 42.5 Å².